The molecule has 0 bridgehead atoms. The van der Waals surface area contributed by atoms with Crippen molar-refractivity contribution in [1.29, 1.82) is 0 Å². The van der Waals surface area contributed by atoms with Crippen LogP contribution in [0.25, 0.3) is 10.2 Å². The first-order chi connectivity index (χ1) is 19.4. The van der Waals surface area contributed by atoms with Crippen LogP contribution in [0.3, 0.4) is 0 Å². The van der Waals surface area contributed by atoms with E-state index in [1.165, 1.54) is 11.1 Å². The summed E-state index contributed by atoms with van der Waals surface area (Å²) in [5, 5.41) is 16.4. The summed E-state index contributed by atoms with van der Waals surface area (Å²) in [5.41, 5.74) is 3.56. The van der Waals surface area contributed by atoms with Crippen LogP contribution in [-0.2, 0) is 16.6 Å². The van der Waals surface area contributed by atoms with Gasteiger partial charge in [-0.05, 0) is 103 Å². The van der Waals surface area contributed by atoms with E-state index in [0.717, 1.165) is 53.8 Å². The average molecular weight is 575 g/mol. The molecule has 208 valence electrons. The van der Waals surface area contributed by atoms with Crippen LogP contribution in [0.5, 0.6) is 5.75 Å². The van der Waals surface area contributed by atoms with Gasteiger partial charge >= 0.3 is 5.97 Å². The van der Waals surface area contributed by atoms with Crippen molar-refractivity contribution >= 4 is 44.8 Å². The molecular weight excluding hydrogens is 540 g/mol. The maximum atomic E-state index is 12.7. The molecule has 7 heteroatoms. The quantitative estimate of drug-likeness (QED) is 0.210. The van der Waals surface area contributed by atoms with Gasteiger partial charge in [0.25, 0.3) is 0 Å². The largest absolute Gasteiger partial charge is 0.492 e. The van der Waals surface area contributed by atoms with Crippen LogP contribution in [0.1, 0.15) is 56.6 Å². The predicted molar refractivity (Wildman–Crippen MR) is 163 cm³/mol. The summed E-state index contributed by atoms with van der Waals surface area (Å²) in [4.78, 5) is 17.1. The van der Waals surface area contributed by atoms with Crippen LogP contribution in [0.4, 0.5) is 5.69 Å². The molecule has 2 aromatic heterocycles. The number of hydrogen-bond acceptors (Lipinski definition) is 5. The minimum Gasteiger partial charge on any atom is -0.492 e. The molecule has 1 spiro atoms. The number of nitrogens with zero attached hydrogens (tertiary/aromatic N) is 1. The fraction of sp³-hybridized carbons (Fsp3) is 0.394. The number of aliphatic carboxylic acids is 1. The first kappa shape index (κ1) is 27.1. The number of benzene rings is 2. The number of carboxylic acids is 1. The van der Waals surface area contributed by atoms with Crippen molar-refractivity contribution in [2.45, 2.75) is 62.8 Å². The van der Waals surface area contributed by atoms with Crippen molar-refractivity contribution in [2.75, 3.05) is 11.9 Å². The molecule has 0 radical (unpaired) electrons. The van der Waals surface area contributed by atoms with Crippen LogP contribution in [0.15, 0.2) is 72.2 Å². The molecule has 5 nitrogen and oxygen atoms in total. The molecule has 6 rings (SSSR count). The zero-order valence-electron chi connectivity index (χ0n) is 22.7. The van der Waals surface area contributed by atoms with Gasteiger partial charge in [-0.25, -0.2) is 4.79 Å². The van der Waals surface area contributed by atoms with Gasteiger partial charge in [0.2, 0.25) is 0 Å². The molecule has 1 saturated carbocycles. The zero-order chi connectivity index (χ0) is 27.7. The Kier molecular flexibility index (Phi) is 7.49. The van der Waals surface area contributed by atoms with Gasteiger partial charge in [-0.2, -0.15) is 0 Å². The number of carboxylic acid groups (broad SMARTS) is 1. The molecule has 2 heterocycles. The molecule has 0 amide bonds. The number of hydrogen-bond donors (Lipinski definition) is 2. The Morgan fingerprint density at radius 2 is 1.98 bits per heavy atom. The molecular formula is C33H35ClN2O3S. The number of fused-ring (bicyclic) bond motifs is 3. The number of anilines is 1. The third-order valence-corrected chi connectivity index (χ3v) is 10.5. The number of ether oxygens (including phenoxy) is 1. The molecule has 0 saturated heterocycles. The highest BCUT2D eigenvalue weighted by atomic mass is 35.5. The first-order valence-electron chi connectivity index (χ1n) is 14.2. The molecule has 2 N–H and O–H groups in total. The van der Waals surface area contributed by atoms with Crippen LogP contribution in [0, 0.1) is 11.8 Å². The van der Waals surface area contributed by atoms with E-state index < -0.39 is 11.5 Å². The van der Waals surface area contributed by atoms with E-state index in [4.69, 9.17) is 16.3 Å². The van der Waals surface area contributed by atoms with Gasteiger partial charge in [0.1, 0.15) is 11.3 Å². The second kappa shape index (κ2) is 11.1. The number of rotatable bonds is 9. The number of pyridine rings is 1. The Morgan fingerprint density at radius 1 is 1.15 bits per heavy atom. The highest BCUT2D eigenvalue weighted by Gasteiger charge is 2.54. The maximum absolute atomic E-state index is 12.7. The number of thiophene rings is 1. The summed E-state index contributed by atoms with van der Waals surface area (Å²) in [6.07, 6.45) is 7.78. The van der Waals surface area contributed by atoms with Gasteiger partial charge in [0.15, 0.2) is 0 Å². The molecule has 0 aliphatic heterocycles. The SMILES string of the molecule is CC[C@H](COc1ccnc2ccsc12)C[C@H]1Cc2ccccc2C12CCC(Nc1cccc(Cl)c1)(C(=O)O)CC2. The Bertz CT molecular complexity index is 1510. The zero-order valence-corrected chi connectivity index (χ0v) is 24.3. The summed E-state index contributed by atoms with van der Waals surface area (Å²) in [5.74, 6) is 0.992. The number of carbonyl (C=O) groups is 1. The van der Waals surface area contributed by atoms with E-state index in [0.29, 0.717) is 36.3 Å². The van der Waals surface area contributed by atoms with Crippen molar-refractivity contribution in [3.8, 4) is 5.75 Å². The first-order valence-corrected chi connectivity index (χ1v) is 15.5. The Labute approximate surface area is 244 Å². The van der Waals surface area contributed by atoms with Gasteiger partial charge in [0, 0.05) is 16.9 Å². The Morgan fingerprint density at radius 3 is 2.75 bits per heavy atom. The van der Waals surface area contributed by atoms with Crippen molar-refractivity contribution in [2.24, 2.45) is 11.8 Å². The molecule has 1 fully saturated rings. The van der Waals surface area contributed by atoms with E-state index in [1.54, 1.807) is 11.3 Å². The van der Waals surface area contributed by atoms with Gasteiger partial charge in [0.05, 0.1) is 16.8 Å². The molecule has 2 aliphatic rings. The summed E-state index contributed by atoms with van der Waals surface area (Å²) < 4.78 is 7.51. The summed E-state index contributed by atoms with van der Waals surface area (Å²) in [7, 11) is 0. The van der Waals surface area contributed by atoms with E-state index in [9.17, 15) is 9.90 Å². The maximum Gasteiger partial charge on any atom is 0.329 e. The second-order valence-electron chi connectivity index (χ2n) is 11.5. The molecule has 40 heavy (non-hydrogen) atoms. The van der Waals surface area contributed by atoms with Gasteiger partial charge in [-0.15, -0.1) is 11.3 Å². The molecule has 2 aromatic carbocycles. The lowest BCUT2D eigenvalue weighted by molar-refractivity contribution is -0.144. The van der Waals surface area contributed by atoms with Crippen molar-refractivity contribution in [3.63, 3.8) is 0 Å². The van der Waals surface area contributed by atoms with Crippen molar-refractivity contribution in [3.05, 3.63) is 88.4 Å². The number of aromatic nitrogens is 1. The van der Waals surface area contributed by atoms with Gasteiger partial charge < -0.3 is 15.2 Å². The smallest absolute Gasteiger partial charge is 0.329 e. The second-order valence-corrected chi connectivity index (χ2v) is 12.9. The van der Waals surface area contributed by atoms with Crippen LogP contribution in [0.2, 0.25) is 5.02 Å². The van der Waals surface area contributed by atoms with E-state index in [2.05, 4.69) is 46.9 Å². The fourth-order valence-electron chi connectivity index (χ4n) is 7.13. The lowest BCUT2D eigenvalue weighted by atomic mass is 9.59. The minimum absolute atomic E-state index is 0.0172. The molecule has 2 aliphatic carbocycles. The van der Waals surface area contributed by atoms with E-state index >= 15 is 0 Å². The Hall–Kier alpha value is -3.09. The predicted octanol–water partition coefficient (Wildman–Crippen LogP) is 8.36. The highest BCUT2D eigenvalue weighted by molar-refractivity contribution is 7.17. The van der Waals surface area contributed by atoms with Crippen molar-refractivity contribution in [1.82, 2.24) is 4.98 Å². The number of nitrogens with one attached hydrogen (secondary N) is 1. The number of halogens is 1. The highest BCUT2D eigenvalue weighted by Crippen LogP contribution is 2.56. The third kappa shape index (κ3) is 4.97. The minimum atomic E-state index is -1.00. The van der Waals surface area contributed by atoms with Crippen LogP contribution < -0.4 is 10.1 Å². The summed E-state index contributed by atoms with van der Waals surface area (Å²) in [6, 6.07) is 20.2. The topological polar surface area (TPSA) is 71.5 Å². The summed E-state index contributed by atoms with van der Waals surface area (Å²) >= 11 is 7.88. The van der Waals surface area contributed by atoms with Crippen LogP contribution >= 0.6 is 22.9 Å². The van der Waals surface area contributed by atoms with Gasteiger partial charge in [-0.3, -0.25) is 4.98 Å². The normalized spacial score (nSPS) is 24.6. The van der Waals surface area contributed by atoms with Crippen LogP contribution in [-0.4, -0.2) is 28.2 Å². The lowest BCUT2D eigenvalue weighted by Crippen LogP contribution is -2.53. The molecule has 4 aromatic rings. The standard InChI is InChI=1S/C33H35ClN2O3S/c1-2-22(21-39-29-10-16-35-28-11-17-40-30(28)29)18-24-19-23-6-3-4-9-27(23)32(24)12-14-33(15-13-32,31(37)38)36-26-8-5-7-25(34)20-26/h3-11,16-17,20,22,24,36H,2,12-15,18-19,21H2,1H3,(H,37,38)/t22-,24-,32?,33?/m0/s1. The van der Waals surface area contributed by atoms with Crippen molar-refractivity contribution < 1.29 is 14.6 Å². The molecule has 2 atom stereocenters. The van der Waals surface area contributed by atoms with E-state index in [-0.39, 0.29) is 5.41 Å². The Balaban J connectivity index is 1.22. The average Bonchev–Trinajstić information content (AvgIpc) is 3.56. The van der Waals surface area contributed by atoms with E-state index in [1.807, 2.05) is 42.6 Å². The lowest BCUT2D eigenvalue weighted by Gasteiger charge is -2.47. The van der Waals surface area contributed by atoms with Gasteiger partial charge in [-0.1, -0.05) is 55.3 Å². The third-order valence-electron chi connectivity index (χ3n) is 9.39. The molecule has 0 unspecified atom stereocenters. The summed E-state index contributed by atoms with van der Waals surface area (Å²) in [6.45, 7) is 2.92. The monoisotopic (exact) mass is 574 g/mol. The fourth-order valence-corrected chi connectivity index (χ4v) is 8.14.